The molecule has 0 aliphatic carbocycles. The lowest BCUT2D eigenvalue weighted by Crippen LogP contribution is -2.34. The van der Waals surface area contributed by atoms with E-state index in [4.69, 9.17) is 21.5 Å². The molecule has 128 valence electrons. The van der Waals surface area contributed by atoms with E-state index in [1.54, 1.807) is 6.92 Å². The topological polar surface area (TPSA) is 76.4 Å². The number of aromatic nitrogens is 1. The second kappa shape index (κ2) is 9.02. The molecule has 1 amide bonds. The van der Waals surface area contributed by atoms with Gasteiger partial charge in [0.1, 0.15) is 17.6 Å². The normalized spacial score (nSPS) is 10.2. The van der Waals surface area contributed by atoms with E-state index in [0.717, 1.165) is 17.9 Å². The molecule has 0 saturated carbocycles. The molecule has 24 heavy (non-hydrogen) atoms. The van der Waals surface area contributed by atoms with Crippen molar-refractivity contribution in [1.82, 2.24) is 10.5 Å². The van der Waals surface area contributed by atoms with Crippen LogP contribution < -0.4 is 15.4 Å². The van der Waals surface area contributed by atoms with Crippen molar-refractivity contribution in [2.24, 2.45) is 0 Å². The Morgan fingerprint density at radius 1 is 1.29 bits per heavy atom. The predicted octanol–water partition coefficient (Wildman–Crippen LogP) is 3.68. The van der Waals surface area contributed by atoms with Crippen molar-refractivity contribution in [1.29, 1.82) is 0 Å². The van der Waals surface area contributed by atoms with Gasteiger partial charge in [-0.05, 0) is 49.8 Å². The number of nitrogens with zero attached hydrogens (tertiary/aromatic N) is 1. The van der Waals surface area contributed by atoms with E-state index in [1.807, 2.05) is 24.3 Å². The number of thiocarbonyl (C=S) groups is 1. The Morgan fingerprint density at radius 2 is 2.04 bits per heavy atom. The SMILES string of the molecule is CCCCCOc1ccc(NC(=S)NC(=O)c2conc2C)cc1. The molecular weight excluding hydrogens is 326 g/mol. The molecule has 2 rings (SSSR count). The first kappa shape index (κ1) is 17.9. The van der Waals surface area contributed by atoms with Gasteiger partial charge >= 0.3 is 0 Å². The number of hydrogen-bond acceptors (Lipinski definition) is 5. The summed E-state index contributed by atoms with van der Waals surface area (Å²) in [6.07, 6.45) is 4.68. The molecule has 0 radical (unpaired) electrons. The molecule has 0 spiro atoms. The monoisotopic (exact) mass is 347 g/mol. The number of amides is 1. The zero-order chi connectivity index (χ0) is 17.4. The number of carbonyl (C=O) groups excluding carboxylic acids is 1. The highest BCUT2D eigenvalue weighted by molar-refractivity contribution is 7.80. The van der Waals surface area contributed by atoms with Crippen LogP contribution in [-0.2, 0) is 0 Å². The number of anilines is 1. The van der Waals surface area contributed by atoms with Crippen LogP contribution in [0.1, 0.15) is 42.2 Å². The zero-order valence-electron chi connectivity index (χ0n) is 13.8. The first-order chi connectivity index (χ1) is 11.6. The van der Waals surface area contributed by atoms with Crippen LogP contribution in [-0.4, -0.2) is 22.8 Å². The molecule has 0 bridgehead atoms. The molecular formula is C17H21N3O3S. The van der Waals surface area contributed by atoms with E-state index in [1.165, 1.54) is 19.1 Å². The van der Waals surface area contributed by atoms with Gasteiger partial charge in [0.25, 0.3) is 5.91 Å². The molecule has 1 aromatic carbocycles. The highest BCUT2D eigenvalue weighted by atomic mass is 32.1. The van der Waals surface area contributed by atoms with Crippen LogP contribution >= 0.6 is 12.2 Å². The smallest absolute Gasteiger partial charge is 0.262 e. The van der Waals surface area contributed by atoms with Gasteiger partial charge in [-0.15, -0.1) is 0 Å². The van der Waals surface area contributed by atoms with Crippen LogP contribution in [0.3, 0.4) is 0 Å². The molecule has 2 N–H and O–H groups in total. The Labute approximate surface area is 146 Å². The van der Waals surface area contributed by atoms with Gasteiger partial charge in [-0.1, -0.05) is 24.9 Å². The van der Waals surface area contributed by atoms with Crippen molar-refractivity contribution >= 4 is 28.9 Å². The molecule has 6 nitrogen and oxygen atoms in total. The zero-order valence-corrected chi connectivity index (χ0v) is 14.6. The highest BCUT2D eigenvalue weighted by Crippen LogP contribution is 2.16. The summed E-state index contributed by atoms with van der Waals surface area (Å²) in [5.74, 6) is 0.453. The van der Waals surface area contributed by atoms with Gasteiger partial charge in [0.2, 0.25) is 0 Å². The average molecular weight is 347 g/mol. The van der Waals surface area contributed by atoms with Gasteiger partial charge in [-0.3, -0.25) is 10.1 Å². The van der Waals surface area contributed by atoms with E-state index >= 15 is 0 Å². The third-order valence-electron chi connectivity index (χ3n) is 3.35. The van der Waals surface area contributed by atoms with Gasteiger partial charge in [0.15, 0.2) is 5.11 Å². The Bertz CT molecular complexity index is 683. The fourth-order valence-corrected chi connectivity index (χ4v) is 2.23. The Morgan fingerprint density at radius 3 is 2.67 bits per heavy atom. The molecule has 2 aromatic rings. The number of carbonyl (C=O) groups is 1. The van der Waals surface area contributed by atoms with E-state index in [9.17, 15) is 4.79 Å². The number of aryl methyl sites for hydroxylation is 1. The minimum absolute atomic E-state index is 0.206. The lowest BCUT2D eigenvalue weighted by atomic mass is 10.2. The average Bonchev–Trinajstić information content (AvgIpc) is 2.99. The van der Waals surface area contributed by atoms with Crippen LogP contribution in [0.4, 0.5) is 5.69 Å². The number of hydrogen-bond donors (Lipinski definition) is 2. The Kier molecular flexibility index (Phi) is 6.74. The van der Waals surface area contributed by atoms with Gasteiger partial charge in [0, 0.05) is 5.69 Å². The van der Waals surface area contributed by atoms with E-state index in [0.29, 0.717) is 17.9 Å². The number of unbranched alkanes of at least 4 members (excludes halogenated alkanes) is 2. The maximum absolute atomic E-state index is 12.0. The summed E-state index contributed by atoms with van der Waals surface area (Å²) in [4.78, 5) is 12.0. The van der Waals surface area contributed by atoms with Crippen molar-refractivity contribution in [3.63, 3.8) is 0 Å². The molecule has 1 heterocycles. The second-order valence-corrected chi connectivity index (χ2v) is 5.71. The van der Waals surface area contributed by atoms with E-state index in [-0.39, 0.29) is 11.0 Å². The number of nitrogens with one attached hydrogen (secondary N) is 2. The van der Waals surface area contributed by atoms with Crippen LogP contribution in [0.25, 0.3) is 0 Å². The molecule has 0 unspecified atom stereocenters. The maximum Gasteiger partial charge on any atom is 0.262 e. The minimum Gasteiger partial charge on any atom is -0.494 e. The van der Waals surface area contributed by atoms with Crippen molar-refractivity contribution in [3.8, 4) is 5.75 Å². The first-order valence-electron chi connectivity index (χ1n) is 7.86. The predicted molar refractivity (Wildman–Crippen MR) is 96.4 cm³/mol. The van der Waals surface area contributed by atoms with Crippen molar-refractivity contribution in [2.45, 2.75) is 33.1 Å². The molecule has 0 atom stereocenters. The summed E-state index contributed by atoms with van der Waals surface area (Å²) < 4.78 is 10.4. The van der Waals surface area contributed by atoms with Crippen molar-refractivity contribution < 1.29 is 14.1 Å². The van der Waals surface area contributed by atoms with Crippen LogP contribution in [0.2, 0.25) is 0 Å². The van der Waals surface area contributed by atoms with E-state index in [2.05, 4.69) is 22.7 Å². The lowest BCUT2D eigenvalue weighted by molar-refractivity contribution is 0.0976. The number of benzene rings is 1. The van der Waals surface area contributed by atoms with Gasteiger partial charge < -0.3 is 14.6 Å². The highest BCUT2D eigenvalue weighted by Gasteiger charge is 2.13. The van der Waals surface area contributed by atoms with Crippen LogP contribution in [0.5, 0.6) is 5.75 Å². The molecule has 0 saturated heterocycles. The van der Waals surface area contributed by atoms with Gasteiger partial charge in [-0.2, -0.15) is 0 Å². The summed E-state index contributed by atoms with van der Waals surface area (Å²) in [5, 5.41) is 9.40. The number of rotatable bonds is 7. The summed E-state index contributed by atoms with van der Waals surface area (Å²) in [7, 11) is 0. The largest absolute Gasteiger partial charge is 0.494 e. The molecule has 0 aliphatic heterocycles. The quantitative estimate of drug-likeness (QED) is 0.588. The third-order valence-corrected chi connectivity index (χ3v) is 3.55. The molecule has 0 aliphatic rings. The van der Waals surface area contributed by atoms with Crippen LogP contribution in [0.15, 0.2) is 35.1 Å². The third kappa shape index (κ3) is 5.34. The second-order valence-electron chi connectivity index (χ2n) is 5.30. The molecule has 7 heteroatoms. The van der Waals surface area contributed by atoms with Crippen molar-refractivity contribution in [2.75, 3.05) is 11.9 Å². The standard InChI is InChI=1S/C17H21N3O3S/c1-3-4-5-10-22-14-8-6-13(7-9-14)18-17(24)19-16(21)15-11-23-20-12(15)2/h6-9,11H,3-5,10H2,1-2H3,(H2,18,19,21,24). The maximum atomic E-state index is 12.0. The van der Waals surface area contributed by atoms with Crippen molar-refractivity contribution in [3.05, 3.63) is 41.8 Å². The number of ether oxygens (including phenoxy) is 1. The molecule has 0 fully saturated rings. The Balaban J connectivity index is 1.81. The Hall–Kier alpha value is -2.41. The van der Waals surface area contributed by atoms with Gasteiger partial charge in [-0.25, -0.2) is 0 Å². The summed E-state index contributed by atoms with van der Waals surface area (Å²) in [5.41, 5.74) is 1.64. The summed E-state index contributed by atoms with van der Waals surface area (Å²) >= 11 is 5.14. The first-order valence-corrected chi connectivity index (χ1v) is 8.27. The fraction of sp³-hybridized carbons (Fsp3) is 0.353. The fourth-order valence-electron chi connectivity index (χ4n) is 2.02. The lowest BCUT2D eigenvalue weighted by Gasteiger charge is -2.10. The summed E-state index contributed by atoms with van der Waals surface area (Å²) in [6.45, 7) is 4.56. The molecule has 1 aromatic heterocycles. The minimum atomic E-state index is -0.359. The summed E-state index contributed by atoms with van der Waals surface area (Å²) in [6, 6.07) is 7.42. The van der Waals surface area contributed by atoms with E-state index < -0.39 is 0 Å². The van der Waals surface area contributed by atoms with Gasteiger partial charge in [0.05, 0.1) is 12.3 Å². The van der Waals surface area contributed by atoms with Crippen LogP contribution in [0, 0.1) is 6.92 Å².